The molecule has 2 aromatic carbocycles. The van der Waals surface area contributed by atoms with Crippen LogP contribution in [0, 0.1) is 0 Å². The minimum atomic E-state index is -0.369. The van der Waals surface area contributed by atoms with E-state index in [2.05, 4.69) is 15.5 Å². The van der Waals surface area contributed by atoms with Crippen LogP contribution in [0.15, 0.2) is 46.9 Å². The van der Waals surface area contributed by atoms with E-state index in [1.807, 2.05) is 24.3 Å². The number of rotatable bonds is 5. The molecule has 0 bridgehead atoms. The first-order valence-corrected chi connectivity index (χ1v) is 8.37. The molecule has 1 aliphatic heterocycles. The van der Waals surface area contributed by atoms with Gasteiger partial charge in [-0.15, -0.1) is 5.10 Å². The van der Waals surface area contributed by atoms with Gasteiger partial charge in [0.05, 0.1) is 13.5 Å². The summed E-state index contributed by atoms with van der Waals surface area (Å²) in [6.45, 7) is 0.952. The first-order valence-electron chi connectivity index (χ1n) is 8.37. The summed E-state index contributed by atoms with van der Waals surface area (Å²) < 4.78 is 21.6. The largest absolute Gasteiger partial charge is 0.497 e. The number of hydrogen-bond acceptors (Lipinski definition) is 7. The van der Waals surface area contributed by atoms with Gasteiger partial charge in [-0.25, -0.2) is 0 Å². The van der Waals surface area contributed by atoms with E-state index in [0.717, 1.165) is 11.3 Å². The van der Waals surface area contributed by atoms with Crippen LogP contribution in [0.1, 0.15) is 21.8 Å². The molecule has 0 aliphatic carbocycles. The maximum absolute atomic E-state index is 12.4. The predicted molar refractivity (Wildman–Crippen MR) is 95.5 cm³/mol. The van der Waals surface area contributed by atoms with Gasteiger partial charge in [-0.1, -0.05) is 17.2 Å². The average Bonchev–Trinajstić information content (AvgIpc) is 3.15. The van der Waals surface area contributed by atoms with Gasteiger partial charge >= 0.3 is 6.01 Å². The van der Waals surface area contributed by atoms with Crippen LogP contribution in [0.4, 0.5) is 6.01 Å². The molecule has 2 heterocycles. The smallest absolute Gasteiger partial charge is 0.322 e. The van der Waals surface area contributed by atoms with Gasteiger partial charge in [0.25, 0.3) is 5.91 Å². The van der Waals surface area contributed by atoms with E-state index >= 15 is 0 Å². The third-order valence-corrected chi connectivity index (χ3v) is 4.01. The van der Waals surface area contributed by atoms with Gasteiger partial charge < -0.3 is 18.6 Å². The molecule has 8 nitrogen and oxygen atoms in total. The number of carbonyl (C=O) groups excluding carboxylic acids is 1. The highest BCUT2D eigenvalue weighted by Crippen LogP contribution is 2.31. The number of fused-ring (bicyclic) bond motifs is 1. The summed E-state index contributed by atoms with van der Waals surface area (Å²) in [5, 5.41) is 10.4. The number of aromatic nitrogens is 2. The predicted octanol–water partition coefficient (Wildman–Crippen LogP) is 2.69. The minimum absolute atomic E-state index is 0.0402. The summed E-state index contributed by atoms with van der Waals surface area (Å²) in [5.41, 5.74) is 1.40. The van der Waals surface area contributed by atoms with Crippen molar-refractivity contribution in [2.24, 2.45) is 0 Å². The topological polar surface area (TPSA) is 95.7 Å². The molecule has 0 atom stereocenters. The van der Waals surface area contributed by atoms with Crippen molar-refractivity contribution in [1.82, 2.24) is 10.2 Å². The molecule has 138 valence electrons. The molecule has 0 radical (unpaired) electrons. The third kappa shape index (κ3) is 3.84. The highest BCUT2D eigenvalue weighted by atomic mass is 16.6. The Morgan fingerprint density at radius 2 is 1.85 bits per heavy atom. The molecule has 1 N–H and O–H groups in total. The number of methoxy groups -OCH3 is 1. The first-order chi connectivity index (χ1) is 13.2. The zero-order chi connectivity index (χ0) is 18.6. The van der Waals surface area contributed by atoms with Crippen LogP contribution >= 0.6 is 0 Å². The summed E-state index contributed by atoms with van der Waals surface area (Å²) >= 11 is 0. The Morgan fingerprint density at radius 1 is 1.07 bits per heavy atom. The summed E-state index contributed by atoms with van der Waals surface area (Å²) in [6, 6.07) is 12.6. The Kier molecular flexibility index (Phi) is 4.61. The van der Waals surface area contributed by atoms with Crippen LogP contribution in [0.5, 0.6) is 17.2 Å². The second-order valence-corrected chi connectivity index (χ2v) is 5.84. The lowest BCUT2D eigenvalue weighted by molar-refractivity contribution is 0.102. The molecule has 1 amide bonds. The van der Waals surface area contributed by atoms with Crippen LogP contribution in [0.25, 0.3) is 0 Å². The standard InChI is InChI=1S/C19H17N3O5/c1-24-14-5-2-12(3-6-14)10-17-21-22-19(27-17)20-18(23)13-4-7-15-16(11-13)26-9-8-25-15/h2-7,11H,8-10H2,1H3,(H,20,22,23). The quantitative estimate of drug-likeness (QED) is 0.741. The molecule has 1 aliphatic rings. The molecule has 0 unspecified atom stereocenters. The maximum atomic E-state index is 12.4. The number of hydrogen-bond donors (Lipinski definition) is 1. The van der Waals surface area contributed by atoms with Crippen molar-refractivity contribution in [3.05, 3.63) is 59.5 Å². The van der Waals surface area contributed by atoms with Crippen LogP contribution in [0.2, 0.25) is 0 Å². The van der Waals surface area contributed by atoms with E-state index < -0.39 is 0 Å². The summed E-state index contributed by atoms with van der Waals surface area (Å²) in [5.74, 6) is 1.97. The number of benzene rings is 2. The molecule has 1 aromatic heterocycles. The lowest BCUT2D eigenvalue weighted by Crippen LogP contribution is -2.17. The SMILES string of the molecule is COc1ccc(Cc2nnc(NC(=O)c3ccc4c(c3)OCCO4)o2)cc1. The van der Waals surface area contributed by atoms with Crippen LogP contribution < -0.4 is 19.5 Å². The Morgan fingerprint density at radius 3 is 2.63 bits per heavy atom. The van der Waals surface area contributed by atoms with Crippen molar-refractivity contribution in [1.29, 1.82) is 0 Å². The van der Waals surface area contributed by atoms with Crippen molar-refractivity contribution in [3.8, 4) is 17.2 Å². The molecular formula is C19H17N3O5. The Bertz CT molecular complexity index is 952. The molecule has 0 spiro atoms. The summed E-state index contributed by atoms with van der Waals surface area (Å²) in [6.07, 6.45) is 0.455. The fourth-order valence-electron chi connectivity index (χ4n) is 2.65. The zero-order valence-corrected chi connectivity index (χ0v) is 14.6. The molecule has 27 heavy (non-hydrogen) atoms. The highest BCUT2D eigenvalue weighted by molar-refractivity contribution is 6.03. The summed E-state index contributed by atoms with van der Waals surface area (Å²) in [4.78, 5) is 12.4. The number of nitrogens with one attached hydrogen (secondary N) is 1. The van der Waals surface area contributed by atoms with Gasteiger partial charge in [-0.05, 0) is 35.9 Å². The highest BCUT2D eigenvalue weighted by Gasteiger charge is 2.17. The van der Waals surface area contributed by atoms with E-state index in [9.17, 15) is 4.79 Å². The minimum Gasteiger partial charge on any atom is -0.497 e. The van der Waals surface area contributed by atoms with E-state index in [1.54, 1.807) is 25.3 Å². The molecule has 3 aromatic rings. The fourth-order valence-corrected chi connectivity index (χ4v) is 2.65. The van der Waals surface area contributed by atoms with Gasteiger partial charge in [0.2, 0.25) is 5.89 Å². The Labute approximate surface area is 155 Å². The Hall–Kier alpha value is -3.55. The maximum Gasteiger partial charge on any atom is 0.322 e. The first kappa shape index (κ1) is 16.9. The average molecular weight is 367 g/mol. The number of nitrogens with zero attached hydrogens (tertiary/aromatic N) is 2. The van der Waals surface area contributed by atoms with Crippen LogP contribution in [-0.2, 0) is 6.42 Å². The third-order valence-electron chi connectivity index (χ3n) is 4.01. The Balaban J connectivity index is 1.41. The molecule has 0 saturated heterocycles. The normalized spacial score (nSPS) is 12.5. The molecule has 0 fully saturated rings. The van der Waals surface area contributed by atoms with Crippen molar-refractivity contribution in [2.75, 3.05) is 25.6 Å². The number of anilines is 1. The van der Waals surface area contributed by atoms with E-state index in [0.29, 0.717) is 42.6 Å². The molecule has 0 saturated carbocycles. The van der Waals surface area contributed by atoms with Gasteiger partial charge in [-0.2, -0.15) is 0 Å². The fraction of sp³-hybridized carbons (Fsp3) is 0.211. The second-order valence-electron chi connectivity index (χ2n) is 5.84. The van der Waals surface area contributed by atoms with Gasteiger partial charge in [0, 0.05) is 5.56 Å². The molecule has 4 rings (SSSR count). The van der Waals surface area contributed by atoms with Crippen LogP contribution in [0.3, 0.4) is 0 Å². The van der Waals surface area contributed by atoms with E-state index in [1.165, 1.54) is 0 Å². The second kappa shape index (κ2) is 7.36. The van der Waals surface area contributed by atoms with Crippen molar-refractivity contribution in [2.45, 2.75) is 6.42 Å². The monoisotopic (exact) mass is 367 g/mol. The molecular weight excluding hydrogens is 350 g/mol. The van der Waals surface area contributed by atoms with E-state index in [4.69, 9.17) is 18.6 Å². The lowest BCUT2D eigenvalue weighted by atomic mass is 10.1. The van der Waals surface area contributed by atoms with Gasteiger partial charge in [-0.3, -0.25) is 10.1 Å². The summed E-state index contributed by atoms with van der Waals surface area (Å²) in [7, 11) is 1.61. The van der Waals surface area contributed by atoms with E-state index in [-0.39, 0.29) is 11.9 Å². The number of carbonyl (C=O) groups is 1. The van der Waals surface area contributed by atoms with Crippen LogP contribution in [-0.4, -0.2) is 36.4 Å². The molecule has 8 heteroatoms. The van der Waals surface area contributed by atoms with Crippen molar-refractivity contribution < 1.29 is 23.4 Å². The number of ether oxygens (including phenoxy) is 3. The number of amides is 1. The van der Waals surface area contributed by atoms with Crippen molar-refractivity contribution >= 4 is 11.9 Å². The zero-order valence-electron chi connectivity index (χ0n) is 14.6. The van der Waals surface area contributed by atoms with Crippen molar-refractivity contribution in [3.63, 3.8) is 0 Å². The van der Waals surface area contributed by atoms with Gasteiger partial charge in [0.15, 0.2) is 11.5 Å². The lowest BCUT2D eigenvalue weighted by Gasteiger charge is -2.18. The van der Waals surface area contributed by atoms with Gasteiger partial charge in [0.1, 0.15) is 19.0 Å².